The topological polar surface area (TPSA) is 61.4 Å². The van der Waals surface area contributed by atoms with Gasteiger partial charge in [-0.3, -0.25) is 0 Å². The lowest BCUT2D eigenvalue weighted by Gasteiger charge is -2.40. The highest BCUT2D eigenvalue weighted by atomic mass is 15.0. The van der Waals surface area contributed by atoms with Crippen molar-refractivity contribution in [3.05, 3.63) is 493 Å². The fourth-order valence-electron chi connectivity index (χ4n) is 24.0. The summed E-state index contributed by atoms with van der Waals surface area (Å²) in [4.78, 5) is 22.4. The molecule has 25 aromatic rings. The van der Waals surface area contributed by atoms with E-state index in [1.807, 2.05) is 0 Å². The number of hydrogen-bond donors (Lipinski definition) is 0. The number of hydrogen-bond acceptors (Lipinski definition) is 4. The fourth-order valence-corrected chi connectivity index (χ4v) is 24.0. The fraction of sp³-hybridized carbons (Fsp3) is 0.0159. The Balaban J connectivity index is 0.523. The summed E-state index contributed by atoms with van der Waals surface area (Å²) < 4.78 is 5.08. The van der Waals surface area contributed by atoms with Gasteiger partial charge in [-0.1, -0.05) is 388 Å². The van der Waals surface area contributed by atoms with Gasteiger partial charge < -0.3 is 9.13 Å². The van der Waals surface area contributed by atoms with Crippen LogP contribution in [-0.2, 0) is 10.8 Å². The molecule has 4 aliphatic rings. The van der Waals surface area contributed by atoms with Crippen LogP contribution in [-0.4, -0.2) is 29.1 Å². The molecule has 1 atom stereocenters. The Hall–Kier alpha value is -17.3. The summed E-state index contributed by atoms with van der Waals surface area (Å²) in [6, 6.07) is 167. The second-order valence-corrected chi connectivity index (χ2v) is 36.0. The van der Waals surface area contributed by atoms with E-state index in [0.29, 0.717) is 11.6 Å². The number of nitrogens with zero attached hydrogens (tertiary/aromatic N) is 6. The molecule has 6 heterocycles. The average Bonchev–Trinajstić information content (AvgIpc) is 1.49. The van der Waals surface area contributed by atoms with E-state index >= 15 is 0 Å². The molecule has 0 saturated heterocycles. The minimum Gasteiger partial charge on any atom is -0.309 e. The summed E-state index contributed by atoms with van der Waals surface area (Å²) in [7, 11) is 0. The van der Waals surface area contributed by atoms with E-state index in [2.05, 4.69) is 458 Å². The molecule has 0 fully saturated rings. The van der Waals surface area contributed by atoms with Crippen LogP contribution in [0.1, 0.15) is 44.5 Å². The molecule has 1 unspecified atom stereocenters. The molecule has 0 radical (unpaired) electrons. The Labute approximate surface area is 760 Å². The van der Waals surface area contributed by atoms with Gasteiger partial charge in [0, 0.05) is 60.5 Å². The van der Waals surface area contributed by atoms with Crippen molar-refractivity contribution >= 4 is 97.5 Å². The molecule has 0 bridgehead atoms. The molecule has 0 amide bonds. The predicted molar refractivity (Wildman–Crippen MR) is 544 cm³/mol. The molecule has 132 heavy (non-hydrogen) atoms. The first kappa shape index (κ1) is 72.8. The SMILES string of the molecule is c1ccc(-c2cc(-c3ccc4c(ccc5cc(-c6ccc(-c7cc(-c8ccc9c%10ccccc%10c%10ccccc%10c9c8)nc(-c8cccc(-c9cccc%10c9-n9c%11ccccc%11c%11cccc(c%119)C%109c%10ccccc%10-c%10ccccc%109)c8)n7)cc6)ccc54)c3)nc(-c3ccccc3-c3ccc4c(c3)-c3ccccc3C43c4ccccc4-n4c5ccccc5c5cccc3c54)n2)cc1. The van der Waals surface area contributed by atoms with Gasteiger partial charge in [0.05, 0.1) is 67.0 Å². The van der Waals surface area contributed by atoms with Crippen molar-refractivity contribution in [2.24, 2.45) is 0 Å². The molecule has 2 aliphatic carbocycles. The Bertz CT molecular complexity index is 9290. The van der Waals surface area contributed by atoms with Crippen LogP contribution in [0, 0.1) is 0 Å². The molecule has 6 nitrogen and oxygen atoms in total. The third kappa shape index (κ3) is 10.1. The van der Waals surface area contributed by atoms with Crippen LogP contribution >= 0.6 is 0 Å². The molecule has 608 valence electrons. The molecular weight excluding hydrogens is 1600 g/mol. The van der Waals surface area contributed by atoms with Crippen LogP contribution in [0.25, 0.3) is 232 Å². The van der Waals surface area contributed by atoms with Gasteiger partial charge in [-0.15, -0.1) is 0 Å². The number of rotatable bonds is 9. The maximum absolute atomic E-state index is 5.67. The highest BCUT2D eigenvalue weighted by molar-refractivity contribution is 6.26. The van der Waals surface area contributed by atoms with Crippen LogP contribution in [0.5, 0.6) is 0 Å². The summed E-state index contributed by atoms with van der Waals surface area (Å²) in [6.45, 7) is 0. The van der Waals surface area contributed by atoms with Crippen LogP contribution in [0.4, 0.5) is 0 Å². The van der Waals surface area contributed by atoms with Crippen molar-refractivity contribution < 1.29 is 0 Å². The number of benzene rings is 21. The minimum atomic E-state index is -0.589. The summed E-state index contributed by atoms with van der Waals surface area (Å²) >= 11 is 0. The zero-order chi connectivity index (χ0) is 86.2. The summed E-state index contributed by atoms with van der Waals surface area (Å²) in [5.41, 5.74) is 37.5. The van der Waals surface area contributed by atoms with Gasteiger partial charge in [-0.05, 0) is 209 Å². The summed E-state index contributed by atoms with van der Waals surface area (Å²) in [5.74, 6) is 1.31. The molecule has 2 aliphatic heterocycles. The van der Waals surface area contributed by atoms with Crippen molar-refractivity contribution in [3.63, 3.8) is 0 Å². The molecule has 21 aromatic carbocycles. The van der Waals surface area contributed by atoms with E-state index in [-0.39, 0.29) is 0 Å². The predicted octanol–water partition coefficient (Wildman–Crippen LogP) is 31.6. The Morgan fingerprint density at radius 2 is 0.545 bits per heavy atom. The Morgan fingerprint density at radius 1 is 0.167 bits per heavy atom. The van der Waals surface area contributed by atoms with Crippen LogP contribution in [0.2, 0.25) is 0 Å². The second-order valence-electron chi connectivity index (χ2n) is 36.0. The van der Waals surface area contributed by atoms with Gasteiger partial charge in [-0.2, -0.15) is 0 Å². The lowest BCUT2D eigenvalue weighted by molar-refractivity contribution is 0.748. The van der Waals surface area contributed by atoms with Crippen molar-refractivity contribution in [2.45, 2.75) is 10.8 Å². The highest BCUT2D eigenvalue weighted by Crippen LogP contribution is 2.65. The molecule has 0 saturated carbocycles. The average molecular weight is 1670 g/mol. The van der Waals surface area contributed by atoms with Gasteiger partial charge in [0.2, 0.25) is 0 Å². The van der Waals surface area contributed by atoms with Crippen molar-refractivity contribution in [3.8, 4) is 135 Å². The maximum atomic E-state index is 5.67. The Morgan fingerprint density at radius 3 is 1.19 bits per heavy atom. The third-order valence-electron chi connectivity index (χ3n) is 29.5. The van der Waals surface area contributed by atoms with E-state index in [1.54, 1.807) is 0 Å². The van der Waals surface area contributed by atoms with Crippen molar-refractivity contribution in [1.82, 2.24) is 29.1 Å². The third-order valence-corrected chi connectivity index (χ3v) is 29.5. The lowest BCUT2D eigenvalue weighted by Crippen LogP contribution is -2.33. The first-order valence-electron chi connectivity index (χ1n) is 45.6. The zero-order valence-corrected chi connectivity index (χ0v) is 71.4. The largest absolute Gasteiger partial charge is 0.309 e. The van der Waals surface area contributed by atoms with Crippen molar-refractivity contribution in [2.75, 3.05) is 0 Å². The lowest BCUT2D eigenvalue weighted by atomic mass is 9.65. The minimum absolute atomic E-state index is 0.554. The number of fused-ring (bicyclic) bond motifs is 33. The molecule has 2 spiro atoms. The van der Waals surface area contributed by atoms with E-state index in [1.165, 1.54) is 165 Å². The van der Waals surface area contributed by atoms with E-state index in [4.69, 9.17) is 19.9 Å². The number of aromatic nitrogens is 6. The normalized spacial score (nSPS) is 14.0. The molecule has 0 N–H and O–H groups in total. The molecular formula is C126H74N6. The standard InChI is InChI=1S/C126H74N6/c1-2-26-76(27-3-1)113-73-115(130-124(129-113)102-40-9-4-30-86(102)82-63-67-108-104(71-82)97-37-12-17-46-107(97)125(108)109-47-18-21-53-119(109)131-117-51-19-13-38-98(117)100-42-24-49-111(125)121(100)131)83-61-65-88-81(69-83)59-58-80-68-78(60-64-87(80)88)75-54-56-77(57-55-75)114-74-116(84-62-66-94-92-33-6-5-31-90(92)91-32-7-8-34-93(91)103(94)72-84)128-123(127-114)85-29-22-28-79(70-85)89-41-23-48-110-120(89)132-118-52-20-14-39-99(118)101-43-25-50-112(122(101)132)126(110)105-44-15-10-35-95(105)96-36-11-16-45-106(96)126/h1-74H. The zero-order valence-electron chi connectivity index (χ0n) is 71.4. The molecule has 29 rings (SSSR count). The molecule has 4 aromatic heterocycles. The summed E-state index contributed by atoms with van der Waals surface area (Å²) in [5, 5.41) is 17.0. The van der Waals surface area contributed by atoms with Gasteiger partial charge in [-0.25, -0.2) is 19.9 Å². The van der Waals surface area contributed by atoms with Gasteiger partial charge >= 0.3 is 0 Å². The van der Waals surface area contributed by atoms with Crippen LogP contribution in [0.15, 0.2) is 449 Å². The van der Waals surface area contributed by atoms with Gasteiger partial charge in [0.1, 0.15) is 0 Å². The Kier molecular flexibility index (Phi) is 15.2. The first-order valence-corrected chi connectivity index (χ1v) is 45.6. The molecule has 6 heteroatoms. The van der Waals surface area contributed by atoms with Gasteiger partial charge in [0.15, 0.2) is 11.6 Å². The maximum Gasteiger partial charge on any atom is 0.161 e. The van der Waals surface area contributed by atoms with Crippen molar-refractivity contribution in [1.29, 1.82) is 0 Å². The quantitative estimate of drug-likeness (QED) is 0.135. The van der Waals surface area contributed by atoms with Crippen LogP contribution < -0.4 is 0 Å². The monoisotopic (exact) mass is 1670 g/mol. The first-order chi connectivity index (χ1) is 65.4. The summed E-state index contributed by atoms with van der Waals surface area (Å²) in [6.07, 6.45) is 0. The van der Waals surface area contributed by atoms with Gasteiger partial charge in [0.25, 0.3) is 0 Å². The smallest absolute Gasteiger partial charge is 0.161 e. The van der Waals surface area contributed by atoms with Crippen LogP contribution in [0.3, 0.4) is 0 Å². The second kappa shape index (κ2) is 27.6. The number of para-hydroxylation sites is 6. The van der Waals surface area contributed by atoms with E-state index < -0.39 is 10.8 Å². The highest BCUT2D eigenvalue weighted by Gasteiger charge is 2.53. The van der Waals surface area contributed by atoms with E-state index in [0.717, 1.165) is 100 Å². The van der Waals surface area contributed by atoms with E-state index in [9.17, 15) is 0 Å².